The average Bonchev–Trinajstić information content (AvgIpc) is 1.81. The Morgan fingerprint density at radius 2 is 1.54 bits per heavy atom. The zero-order chi connectivity index (χ0) is 10.5. The summed E-state index contributed by atoms with van der Waals surface area (Å²) in [6.07, 6.45) is 0. The van der Waals surface area contributed by atoms with Gasteiger partial charge in [-0.05, 0) is 12.5 Å². The predicted octanol–water partition coefficient (Wildman–Crippen LogP) is 0.747. The van der Waals surface area contributed by atoms with E-state index in [2.05, 4.69) is 11.5 Å². The van der Waals surface area contributed by atoms with E-state index in [4.69, 9.17) is 8.85 Å². The molecule has 0 rings (SSSR count). The van der Waals surface area contributed by atoms with Crippen LogP contribution < -0.4 is 0 Å². The molecule has 0 fully saturated rings. The Morgan fingerprint density at radius 3 is 1.77 bits per heavy atom. The fourth-order valence-corrected chi connectivity index (χ4v) is 2.54. The van der Waals surface area contributed by atoms with E-state index in [-0.39, 0.29) is 0 Å². The topological polar surface area (TPSA) is 52.6 Å². The Balaban J connectivity index is 4.58. The van der Waals surface area contributed by atoms with Crippen LogP contribution in [-0.2, 0) is 18.4 Å². The lowest BCUT2D eigenvalue weighted by Crippen LogP contribution is -2.40. The third-order valence-corrected chi connectivity index (χ3v) is 3.09. The molecular weight excluding hydrogens is 188 g/mol. The van der Waals surface area contributed by atoms with Crippen LogP contribution in [-0.4, -0.2) is 20.5 Å². The molecule has 0 aromatic rings. The zero-order valence-corrected chi connectivity index (χ0v) is 9.13. The minimum absolute atomic E-state index is 0.488. The molecule has 0 heterocycles. The lowest BCUT2D eigenvalue weighted by Gasteiger charge is -2.18. The van der Waals surface area contributed by atoms with E-state index in [1.165, 1.54) is 13.8 Å². The van der Waals surface area contributed by atoms with Gasteiger partial charge in [-0.25, -0.2) is 0 Å². The molecule has 0 saturated carbocycles. The van der Waals surface area contributed by atoms with Gasteiger partial charge in [-0.1, -0.05) is 0 Å². The third kappa shape index (κ3) is 5.04. The molecule has 0 aliphatic carbocycles. The summed E-state index contributed by atoms with van der Waals surface area (Å²) in [5.74, 6) is 1.60. The first-order chi connectivity index (χ1) is 5.89. The Bertz CT molecular complexity index is 258. The van der Waals surface area contributed by atoms with Gasteiger partial charge in [0.2, 0.25) is 0 Å². The highest BCUT2D eigenvalue weighted by Crippen LogP contribution is 2.06. The number of carbonyl (C=O) groups is 2. The highest BCUT2D eigenvalue weighted by atomic mass is 28.4. The second-order valence-corrected chi connectivity index (χ2v) is 5.06. The van der Waals surface area contributed by atoms with Crippen LogP contribution in [0.15, 0.2) is 0 Å². The van der Waals surface area contributed by atoms with Crippen LogP contribution in [0.4, 0.5) is 0 Å². The Morgan fingerprint density at radius 1 is 1.15 bits per heavy atom. The normalized spacial score (nSPS) is 9.54. The van der Waals surface area contributed by atoms with Crippen LogP contribution in [0.1, 0.15) is 20.8 Å². The molecule has 0 saturated heterocycles. The monoisotopic (exact) mass is 200 g/mol. The van der Waals surface area contributed by atoms with Crippen molar-refractivity contribution in [3.8, 4) is 11.5 Å². The van der Waals surface area contributed by atoms with Crippen LogP contribution in [0, 0.1) is 11.5 Å². The van der Waals surface area contributed by atoms with Crippen molar-refractivity contribution < 1.29 is 18.4 Å². The quantitative estimate of drug-likeness (QED) is 0.487. The second kappa shape index (κ2) is 4.67. The molecule has 0 spiro atoms. The van der Waals surface area contributed by atoms with Gasteiger partial charge in [0.25, 0.3) is 11.9 Å². The number of rotatable bonds is 2. The smallest absolute Gasteiger partial charge is 0.476 e. The standard InChI is InChI=1S/C8H12O4Si/c1-5-6-13(4,11-7(2)9)12-8(3)10/h1-4H3. The van der Waals surface area contributed by atoms with Gasteiger partial charge < -0.3 is 8.85 Å². The minimum Gasteiger partial charge on any atom is -0.476 e. The molecule has 0 aromatic carbocycles. The van der Waals surface area contributed by atoms with Crippen molar-refractivity contribution in [2.24, 2.45) is 0 Å². The van der Waals surface area contributed by atoms with Crippen LogP contribution >= 0.6 is 0 Å². The molecule has 72 valence electrons. The fourth-order valence-electron chi connectivity index (χ4n) is 0.847. The number of carbonyl (C=O) groups excluding carboxylic acids is 2. The fraction of sp³-hybridized carbons (Fsp3) is 0.500. The predicted molar refractivity (Wildman–Crippen MR) is 48.6 cm³/mol. The highest BCUT2D eigenvalue weighted by molar-refractivity contribution is 6.77. The summed E-state index contributed by atoms with van der Waals surface area (Å²) in [6, 6.07) is 0. The minimum atomic E-state index is -2.94. The molecule has 5 heteroatoms. The van der Waals surface area contributed by atoms with E-state index in [1.807, 2.05) is 0 Å². The summed E-state index contributed by atoms with van der Waals surface area (Å²) in [7, 11) is -2.94. The van der Waals surface area contributed by atoms with E-state index in [0.29, 0.717) is 0 Å². The van der Waals surface area contributed by atoms with Crippen LogP contribution in [0.2, 0.25) is 6.55 Å². The van der Waals surface area contributed by atoms with E-state index in [1.54, 1.807) is 13.5 Å². The molecule has 0 bridgehead atoms. The molecule has 0 aliphatic rings. The molecule has 0 atom stereocenters. The maximum atomic E-state index is 10.7. The van der Waals surface area contributed by atoms with Crippen molar-refractivity contribution in [3.05, 3.63) is 0 Å². The van der Waals surface area contributed by atoms with Gasteiger partial charge >= 0.3 is 8.56 Å². The summed E-state index contributed by atoms with van der Waals surface area (Å²) in [6.45, 7) is 5.66. The van der Waals surface area contributed by atoms with Gasteiger partial charge in [0.15, 0.2) is 0 Å². The number of hydrogen-bond donors (Lipinski definition) is 0. The Labute approximate surface area is 78.5 Å². The maximum Gasteiger partial charge on any atom is 0.548 e. The van der Waals surface area contributed by atoms with Gasteiger partial charge in [0, 0.05) is 20.4 Å². The molecule has 13 heavy (non-hydrogen) atoms. The van der Waals surface area contributed by atoms with Crippen LogP contribution in [0.3, 0.4) is 0 Å². The lowest BCUT2D eigenvalue weighted by molar-refractivity contribution is -0.138. The van der Waals surface area contributed by atoms with Crippen molar-refractivity contribution in [2.75, 3.05) is 0 Å². The molecule has 0 radical (unpaired) electrons. The summed E-state index contributed by atoms with van der Waals surface area (Å²) >= 11 is 0. The van der Waals surface area contributed by atoms with E-state index in [0.717, 1.165) is 0 Å². The number of hydrogen-bond acceptors (Lipinski definition) is 4. The van der Waals surface area contributed by atoms with Gasteiger partial charge in [0.1, 0.15) is 0 Å². The van der Waals surface area contributed by atoms with E-state index < -0.39 is 20.5 Å². The largest absolute Gasteiger partial charge is 0.548 e. The zero-order valence-electron chi connectivity index (χ0n) is 8.13. The first kappa shape index (κ1) is 11.7. The summed E-state index contributed by atoms with van der Waals surface area (Å²) in [5, 5.41) is 0. The maximum absolute atomic E-state index is 10.7. The van der Waals surface area contributed by atoms with Crippen molar-refractivity contribution in [2.45, 2.75) is 27.3 Å². The summed E-state index contributed by atoms with van der Waals surface area (Å²) < 4.78 is 9.74. The van der Waals surface area contributed by atoms with Gasteiger partial charge in [0.05, 0.1) is 0 Å². The van der Waals surface area contributed by atoms with Crippen molar-refractivity contribution in [1.82, 2.24) is 0 Å². The molecule has 4 nitrogen and oxygen atoms in total. The second-order valence-electron chi connectivity index (χ2n) is 2.51. The molecule has 0 aliphatic heterocycles. The first-order valence-corrected chi connectivity index (χ1v) is 6.04. The first-order valence-electron chi connectivity index (χ1n) is 3.72. The van der Waals surface area contributed by atoms with Gasteiger partial charge in [-0.2, -0.15) is 0 Å². The average molecular weight is 200 g/mol. The molecule has 0 unspecified atom stereocenters. The SMILES string of the molecule is CC#C[Si](C)(OC(C)=O)OC(C)=O. The van der Waals surface area contributed by atoms with Crippen molar-refractivity contribution >= 4 is 20.5 Å². The van der Waals surface area contributed by atoms with Gasteiger partial charge in [-0.15, -0.1) is 5.92 Å². The Hall–Kier alpha value is -1.28. The molecule has 0 aromatic heterocycles. The summed E-state index contributed by atoms with van der Waals surface area (Å²) in [4.78, 5) is 21.3. The van der Waals surface area contributed by atoms with Crippen molar-refractivity contribution in [3.63, 3.8) is 0 Å². The molecule has 0 N–H and O–H groups in total. The third-order valence-electron chi connectivity index (χ3n) is 1.03. The van der Waals surface area contributed by atoms with Crippen LogP contribution in [0.25, 0.3) is 0 Å². The van der Waals surface area contributed by atoms with Gasteiger partial charge in [-0.3, -0.25) is 9.59 Å². The van der Waals surface area contributed by atoms with Crippen molar-refractivity contribution in [1.29, 1.82) is 0 Å². The van der Waals surface area contributed by atoms with E-state index >= 15 is 0 Å². The molecule has 0 amide bonds. The van der Waals surface area contributed by atoms with E-state index in [9.17, 15) is 9.59 Å². The Kier molecular flexibility index (Phi) is 4.21. The summed E-state index contributed by atoms with van der Waals surface area (Å²) in [5.41, 5.74) is 2.62. The lowest BCUT2D eigenvalue weighted by atomic mass is 10.8. The van der Waals surface area contributed by atoms with Crippen LogP contribution in [0.5, 0.6) is 0 Å². The highest BCUT2D eigenvalue weighted by Gasteiger charge is 2.36. The molecular formula is C8H12O4Si.